The summed E-state index contributed by atoms with van der Waals surface area (Å²) in [5, 5.41) is 8.18. The highest BCUT2D eigenvalue weighted by Crippen LogP contribution is 1.90. The Labute approximate surface area is 53.6 Å². The van der Waals surface area contributed by atoms with Gasteiger partial charge < -0.3 is 9.84 Å². The van der Waals surface area contributed by atoms with Gasteiger partial charge in [-0.05, 0) is 13.8 Å². The van der Waals surface area contributed by atoms with Crippen LogP contribution in [0.3, 0.4) is 0 Å². The third kappa shape index (κ3) is 3.93. The zero-order valence-electron chi connectivity index (χ0n) is 5.50. The Morgan fingerprint density at radius 3 is 2.22 bits per heavy atom. The summed E-state index contributed by atoms with van der Waals surface area (Å²) in [6, 6.07) is 0. The monoisotopic (exact) mass is 133 g/mol. The largest absolute Gasteiger partial charge is 0.478 e. The van der Waals surface area contributed by atoms with Crippen LogP contribution in [0.1, 0.15) is 13.8 Å². The lowest BCUT2D eigenvalue weighted by molar-refractivity contribution is -0.152. The van der Waals surface area contributed by atoms with Crippen LogP contribution in [-0.4, -0.2) is 23.4 Å². The molecular weight excluding hydrogens is 122 g/mol. The minimum atomic E-state index is -1.19. The first-order valence-electron chi connectivity index (χ1n) is 2.68. The second-order valence-corrected chi connectivity index (χ2v) is 1.94. The van der Waals surface area contributed by atoms with Crippen molar-refractivity contribution in [2.75, 3.05) is 0 Å². The van der Waals surface area contributed by atoms with Gasteiger partial charge in [0.25, 0.3) is 0 Å². The van der Waals surface area contributed by atoms with Crippen molar-refractivity contribution < 1.29 is 14.6 Å². The van der Waals surface area contributed by atoms with Gasteiger partial charge in [-0.2, -0.15) is 0 Å². The normalized spacial score (nSPS) is 13.8. The van der Waals surface area contributed by atoms with Crippen LogP contribution in [-0.2, 0) is 9.53 Å². The van der Waals surface area contributed by atoms with Gasteiger partial charge in [0, 0.05) is 0 Å². The molecule has 0 aliphatic rings. The number of carboxylic acids is 1. The van der Waals surface area contributed by atoms with Gasteiger partial charge >= 0.3 is 5.97 Å². The molecule has 0 aromatic rings. The quantitative estimate of drug-likeness (QED) is 0.522. The second kappa shape index (κ2) is 3.42. The van der Waals surface area contributed by atoms with Crippen molar-refractivity contribution in [2.24, 2.45) is 5.73 Å². The van der Waals surface area contributed by atoms with E-state index in [1.165, 1.54) is 0 Å². The minimum absolute atomic E-state index is 0.143. The molecule has 0 aromatic carbocycles. The molecule has 0 spiro atoms. The van der Waals surface area contributed by atoms with E-state index in [9.17, 15) is 4.79 Å². The van der Waals surface area contributed by atoms with E-state index in [4.69, 9.17) is 10.8 Å². The van der Waals surface area contributed by atoms with Gasteiger partial charge in [-0.3, -0.25) is 5.73 Å². The summed E-state index contributed by atoms with van der Waals surface area (Å²) in [6.45, 7) is 3.45. The predicted octanol–water partition coefficient (Wildman–Crippen LogP) is -0.219. The Morgan fingerprint density at radius 1 is 1.67 bits per heavy atom. The number of carboxylic acid groups (broad SMARTS) is 1. The zero-order valence-corrected chi connectivity index (χ0v) is 5.50. The molecule has 0 saturated heterocycles. The molecule has 3 N–H and O–H groups in total. The lowest BCUT2D eigenvalue weighted by Gasteiger charge is -2.10. The van der Waals surface area contributed by atoms with Crippen molar-refractivity contribution in [3.8, 4) is 0 Å². The molecule has 0 radical (unpaired) electrons. The standard InChI is InChI=1S/C5H11NO3/c1-3(2)9-4(6)5(7)8/h3-4H,6H2,1-2H3,(H,7,8). The molecule has 9 heavy (non-hydrogen) atoms. The smallest absolute Gasteiger partial charge is 0.347 e. The maximum Gasteiger partial charge on any atom is 0.347 e. The van der Waals surface area contributed by atoms with Crippen LogP contribution in [0.25, 0.3) is 0 Å². The Bertz CT molecular complexity index is 102. The van der Waals surface area contributed by atoms with Crippen molar-refractivity contribution in [3.05, 3.63) is 0 Å². The number of ether oxygens (including phenoxy) is 1. The van der Waals surface area contributed by atoms with E-state index < -0.39 is 12.2 Å². The van der Waals surface area contributed by atoms with E-state index in [1.807, 2.05) is 0 Å². The first-order valence-corrected chi connectivity index (χ1v) is 2.68. The van der Waals surface area contributed by atoms with Crippen molar-refractivity contribution in [1.82, 2.24) is 0 Å². The summed E-state index contributed by atoms with van der Waals surface area (Å²) in [5.41, 5.74) is 5.00. The molecule has 0 rings (SSSR count). The van der Waals surface area contributed by atoms with Gasteiger partial charge in [-0.1, -0.05) is 0 Å². The van der Waals surface area contributed by atoms with E-state index in [-0.39, 0.29) is 6.10 Å². The van der Waals surface area contributed by atoms with Crippen LogP contribution in [0.4, 0.5) is 0 Å². The van der Waals surface area contributed by atoms with E-state index in [0.29, 0.717) is 0 Å². The number of carbonyl (C=O) groups is 1. The first-order chi connectivity index (χ1) is 4.04. The average molecular weight is 133 g/mol. The Balaban J connectivity index is 3.50. The fraction of sp³-hybridized carbons (Fsp3) is 0.800. The summed E-state index contributed by atoms with van der Waals surface area (Å²) in [7, 11) is 0. The lowest BCUT2D eigenvalue weighted by atomic mass is 10.5. The Morgan fingerprint density at radius 2 is 2.11 bits per heavy atom. The summed E-state index contributed by atoms with van der Waals surface area (Å²) < 4.78 is 4.69. The SMILES string of the molecule is CC(C)OC(N)C(=O)O. The Kier molecular flexibility index (Phi) is 3.19. The molecule has 0 aromatic heterocycles. The summed E-state index contributed by atoms with van der Waals surface area (Å²) in [5.74, 6) is -1.14. The molecule has 0 heterocycles. The van der Waals surface area contributed by atoms with Crippen molar-refractivity contribution in [3.63, 3.8) is 0 Å². The Hall–Kier alpha value is -0.610. The number of hydrogen-bond acceptors (Lipinski definition) is 3. The molecule has 0 aliphatic heterocycles. The summed E-state index contributed by atoms with van der Waals surface area (Å²) >= 11 is 0. The minimum Gasteiger partial charge on any atom is -0.478 e. The van der Waals surface area contributed by atoms with Crippen LogP contribution in [0.2, 0.25) is 0 Å². The third-order valence-electron chi connectivity index (χ3n) is 0.662. The van der Waals surface area contributed by atoms with Crippen LogP contribution < -0.4 is 5.73 Å². The molecule has 1 atom stereocenters. The van der Waals surface area contributed by atoms with Crippen molar-refractivity contribution in [2.45, 2.75) is 26.2 Å². The highest BCUT2D eigenvalue weighted by molar-refractivity contribution is 5.71. The van der Waals surface area contributed by atoms with Crippen LogP contribution in [0.15, 0.2) is 0 Å². The van der Waals surface area contributed by atoms with Crippen LogP contribution in [0.5, 0.6) is 0 Å². The average Bonchev–Trinajstić information content (AvgIpc) is 1.63. The highest BCUT2D eigenvalue weighted by Gasteiger charge is 2.12. The van der Waals surface area contributed by atoms with E-state index >= 15 is 0 Å². The molecule has 54 valence electrons. The lowest BCUT2D eigenvalue weighted by Crippen LogP contribution is -2.35. The number of hydrogen-bond donors (Lipinski definition) is 2. The number of nitrogens with two attached hydrogens (primary N) is 1. The molecular formula is C5H11NO3. The van der Waals surface area contributed by atoms with Gasteiger partial charge in [-0.15, -0.1) is 0 Å². The van der Waals surface area contributed by atoms with Gasteiger partial charge in [0.1, 0.15) is 0 Å². The second-order valence-electron chi connectivity index (χ2n) is 1.94. The molecule has 0 bridgehead atoms. The van der Waals surface area contributed by atoms with Gasteiger partial charge in [0.15, 0.2) is 0 Å². The molecule has 4 heteroatoms. The first kappa shape index (κ1) is 8.39. The molecule has 0 fully saturated rings. The molecule has 1 unspecified atom stereocenters. The van der Waals surface area contributed by atoms with Crippen LogP contribution >= 0.6 is 0 Å². The van der Waals surface area contributed by atoms with Crippen LogP contribution in [0, 0.1) is 0 Å². The van der Waals surface area contributed by atoms with E-state index in [1.54, 1.807) is 13.8 Å². The maximum absolute atomic E-state index is 9.98. The fourth-order valence-corrected chi connectivity index (χ4v) is 0.351. The van der Waals surface area contributed by atoms with E-state index in [0.717, 1.165) is 0 Å². The van der Waals surface area contributed by atoms with Crippen molar-refractivity contribution in [1.29, 1.82) is 0 Å². The molecule has 0 saturated carbocycles. The summed E-state index contributed by atoms with van der Waals surface area (Å²) in [4.78, 5) is 9.98. The molecule has 0 aliphatic carbocycles. The third-order valence-corrected chi connectivity index (χ3v) is 0.662. The highest BCUT2D eigenvalue weighted by atomic mass is 16.5. The molecule has 4 nitrogen and oxygen atoms in total. The zero-order chi connectivity index (χ0) is 7.44. The van der Waals surface area contributed by atoms with E-state index in [2.05, 4.69) is 4.74 Å². The topological polar surface area (TPSA) is 72.5 Å². The fourth-order valence-electron chi connectivity index (χ4n) is 0.351. The number of rotatable bonds is 3. The summed E-state index contributed by atoms with van der Waals surface area (Å²) in [6.07, 6.45) is -1.33. The maximum atomic E-state index is 9.98. The van der Waals surface area contributed by atoms with Gasteiger partial charge in [-0.25, -0.2) is 4.79 Å². The molecule has 0 amide bonds. The van der Waals surface area contributed by atoms with Gasteiger partial charge in [0.2, 0.25) is 6.23 Å². The van der Waals surface area contributed by atoms with Crippen molar-refractivity contribution >= 4 is 5.97 Å². The van der Waals surface area contributed by atoms with Gasteiger partial charge in [0.05, 0.1) is 6.10 Å². The predicted molar refractivity (Wildman–Crippen MR) is 31.8 cm³/mol. The number of aliphatic carboxylic acids is 1.